The Balaban J connectivity index is 2.32. The molecular weight excluding hydrogens is 238 g/mol. The summed E-state index contributed by atoms with van der Waals surface area (Å²) in [4.78, 5) is 14.0. The summed E-state index contributed by atoms with van der Waals surface area (Å²) in [5, 5.41) is 14.8. The molecule has 0 spiro atoms. The van der Waals surface area contributed by atoms with Gasteiger partial charge in [0.1, 0.15) is 5.82 Å². The summed E-state index contributed by atoms with van der Waals surface area (Å²) in [5.41, 5.74) is 5.24. The molecule has 0 saturated heterocycles. The summed E-state index contributed by atoms with van der Waals surface area (Å²) in [6, 6.07) is 2.60. The maximum Gasteiger partial charge on any atom is 0.331 e. The van der Waals surface area contributed by atoms with Crippen LogP contribution in [0.25, 0.3) is 0 Å². The van der Waals surface area contributed by atoms with Gasteiger partial charge in [0.25, 0.3) is 0 Å². The fraction of sp³-hybridized carbons (Fsp3) is 0.200. The largest absolute Gasteiger partial charge is 0.430 e. The van der Waals surface area contributed by atoms with Crippen molar-refractivity contribution in [2.75, 3.05) is 5.73 Å². The van der Waals surface area contributed by atoms with Crippen molar-refractivity contribution in [1.82, 2.24) is 14.8 Å². The van der Waals surface area contributed by atoms with Gasteiger partial charge in [-0.3, -0.25) is 14.8 Å². The molecule has 2 rings (SSSR count). The molecule has 0 aliphatic carbocycles. The highest BCUT2D eigenvalue weighted by atomic mass is 16.6. The maximum absolute atomic E-state index is 10.8. The molecule has 2 heterocycles. The van der Waals surface area contributed by atoms with Crippen molar-refractivity contribution in [2.24, 2.45) is 0 Å². The highest BCUT2D eigenvalue weighted by Crippen LogP contribution is 2.29. The monoisotopic (exact) mass is 249 g/mol. The molecule has 0 aliphatic rings. The van der Waals surface area contributed by atoms with E-state index in [1.807, 2.05) is 6.92 Å². The minimum Gasteiger partial charge on any atom is -0.430 e. The predicted molar refractivity (Wildman–Crippen MR) is 63.3 cm³/mol. The van der Waals surface area contributed by atoms with Crippen LogP contribution in [0.15, 0.2) is 24.5 Å². The smallest absolute Gasteiger partial charge is 0.331 e. The summed E-state index contributed by atoms with van der Waals surface area (Å²) >= 11 is 0. The molecule has 8 heteroatoms. The second-order valence-electron chi connectivity index (χ2n) is 3.45. The number of hydrogen-bond donors (Lipinski definition) is 1. The van der Waals surface area contributed by atoms with Gasteiger partial charge in [0.15, 0.2) is 5.75 Å². The number of pyridine rings is 1. The van der Waals surface area contributed by atoms with Crippen LogP contribution in [-0.2, 0) is 6.54 Å². The van der Waals surface area contributed by atoms with E-state index in [2.05, 4.69) is 10.1 Å². The van der Waals surface area contributed by atoms with E-state index in [0.717, 1.165) is 0 Å². The number of rotatable bonds is 4. The molecule has 8 nitrogen and oxygen atoms in total. The van der Waals surface area contributed by atoms with Crippen molar-refractivity contribution in [3.05, 3.63) is 34.6 Å². The van der Waals surface area contributed by atoms with Crippen molar-refractivity contribution in [3.63, 3.8) is 0 Å². The first-order chi connectivity index (χ1) is 8.60. The highest BCUT2D eigenvalue weighted by Gasteiger charge is 2.18. The summed E-state index contributed by atoms with van der Waals surface area (Å²) in [6.07, 6.45) is 3.08. The molecule has 0 saturated carbocycles. The number of nitrogen functional groups attached to an aromatic ring is 1. The molecule has 0 aromatic carbocycles. The fourth-order valence-electron chi connectivity index (χ4n) is 1.34. The molecule has 0 bridgehead atoms. The third kappa shape index (κ3) is 2.37. The second-order valence-corrected chi connectivity index (χ2v) is 3.45. The van der Waals surface area contributed by atoms with Gasteiger partial charge in [-0.25, -0.2) is 0 Å². The molecular formula is C10H11N5O3. The van der Waals surface area contributed by atoms with Gasteiger partial charge in [-0.1, -0.05) is 0 Å². The molecule has 0 radical (unpaired) electrons. The molecule has 0 aliphatic heterocycles. The molecule has 0 amide bonds. The molecule has 18 heavy (non-hydrogen) atoms. The number of aromatic nitrogens is 3. The SMILES string of the molecule is CCn1cc(Oc2nc(N)ccc2[N+](=O)[O-])cn1. The quantitative estimate of drug-likeness (QED) is 0.650. The van der Waals surface area contributed by atoms with Crippen LogP contribution in [0.4, 0.5) is 11.5 Å². The van der Waals surface area contributed by atoms with E-state index in [0.29, 0.717) is 12.3 Å². The Morgan fingerprint density at radius 3 is 2.94 bits per heavy atom. The Hall–Kier alpha value is -2.64. The van der Waals surface area contributed by atoms with Gasteiger partial charge >= 0.3 is 11.6 Å². The minimum atomic E-state index is -0.577. The van der Waals surface area contributed by atoms with Gasteiger partial charge < -0.3 is 10.5 Å². The first-order valence-corrected chi connectivity index (χ1v) is 5.21. The standard InChI is InChI=1S/C10H11N5O3/c1-2-14-6-7(5-12-14)18-10-8(15(16)17)3-4-9(11)13-10/h3-6H,2H2,1H3,(H2,11,13). The Morgan fingerprint density at radius 2 is 2.33 bits per heavy atom. The zero-order chi connectivity index (χ0) is 13.1. The first-order valence-electron chi connectivity index (χ1n) is 5.21. The van der Waals surface area contributed by atoms with Crippen molar-refractivity contribution in [3.8, 4) is 11.6 Å². The Labute approximate surface area is 102 Å². The van der Waals surface area contributed by atoms with Gasteiger partial charge in [-0.15, -0.1) is 0 Å². The summed E-state index contributed by atoms with van der Waals surface area (Å²) in [5.74, 6) is 0.382. The van der Waals surface area contributed by atoms with Gasteiger partial charge in [0.05, 0.1) is 17.3 Å². The van der Waals surface area contributed by atoms with E-state index in [1.54, 1.807) is 10.9 Å². The van der Waals surface area contributed by atoms with Crippen LogP contribution in [0.1, 0.15) is 6.92 Å². The van der Waals surface area contributed by atoms with E-state index in [4.69, 9.17) is 10.5 Å². The normalized spacial score (nSPS) is 10.3. The van der Waals surface area contributed by atoms with Crippen molar-refractivity contribution >= 4 is 11.5 Å². The zero-order valence-electron chi connectivity index (χ0n) is 9.61. The maximum atomic E-state index is 10.8. The number of nitrogens with zero attached hydrogens (tertiary/aromatic N) is 4. The summed E-state index contributed by atoms with van der Waals surface area (Å²) in [7, 11) is 0. The average Bonchev–Trinajstić information content (AvgIpc) is 2.76. The van der Waals surface area contributed by atoms with E-state index in [9.17, 15) is 10.1 Å². The lowest BCUT2D eigenvalue weighted by Crippen LogP contribution is -1.98. The molecule has 2 aromatic heterocycles. The number of nitrogens with two attached hydrogens (primary N) is 1. The van der Waals surface area contributed by atoms with E-state index >= 15 is 0 Å². The predicted octanol–water partition coefficient (Wildman–Crippen LogP) is 1.58. The van der Waals surface area contributed by atoms with Crippen LogP contribution in [0, 0.1) is 10.1 Å². The number of hydrogen-bond acceptors (Lipinski definition) is 6. The third-order valence-electron chi connectivity index (χ3n) is 2.21. The van der Waals surface area contributed by atoms with Crippen molar-refractivity contribution < 1.29 is 9.66 Å². The molecule has 0 atom stereocenters. The first kappa shape index (κ1) is 11.8. The third-order valence-corrected chi connectivity index (χ3v) is 2.21. The minimum absolute atomic E-state index is 0.143. The second kappa shape index (κ2) is 4.70. The van der Waals surface area contributed by atoms with Crippen LogP contribution >= 0.6 is 0 Å². The van der Waals surface area contributed by atoms with Gasteiger partial charge in [0, 0.05) is 12.6 Å². The van der Waals surface area contributed by atoms with Gasteiger partial charge in [0.2, 0.25) is 0 Å². The number of aryl methyl sites for hydroxylation is 1. The van der Waals surface area contributed by atoms with Crippen LogP contribution in [0.5, 0.6) is 11.6 Å². The summed E-state index contributed by atoms with van der Waals surface area (Å²) < 4.78 is 6.95. The Kier molecular flexibility index (Phi) is 3.09. The van der Waals surface area contributed by atoms with E-state index < -0.39 is 4.92 Å². The van der Waals surface area contributed by atoms with E-state index in [1.165, 1.54) is 18.3 Å². The molecule has 0 fully saturated rings. The molecule has 94 valence electrons. The topological polar surface area (TPSA) is 109 Å². The number of anilines is 1. The van der Waals surface area contributed by atoms with Gasteiger partial charge in [-0.2, -0.15) is 10.1 Å². The van der Waals surface area contributed by atoms with Crippen LogP contribution in [0.2, 0.25) is 0 Å². The average molecular weight is 249 g/mol. The molecule has 0 unspecified atom stereocenters. The van der Waals surface area contributed by atoms with Crippen LogP contribution < -0.4 is 10.5 Å². The van der Waals surface area contributed by atoms with Crippen LogP contribution in [0.3, 0.4) is 0 Å². The van der Waals surface area contributed by atoms with E-state index in [-0.39, 0.29) is 17.4 Å². The molecule has 2 N–H and O–H groups in total. The Bertz CT molecular complexity index is 581. The molecule has 2 aromatic rings. The summed E-state index contributed by atoms with van der Waals surface area (Å²) in [6.45, 7) is 2.59. The van der Waals surface area contributed by atoms with Crippen molar-refractivity contribution in [1.29, 1.82) is 0 Å². The lowest BCUT2D eigenvalue weighted by molar-refractivity contribution is -0.386. The van der Waals surface area contributed by atoms with Crippen LogP contribution in [-0.4, -0.2) is 19.7 Å². The number of ether oxygens (including phenoxy) is 1. The highest BCUT2D eigenvalue weighted by molar-refractivity contribution is 5.48. The lowest BCUT2D eigenvalue weighted by atomic mass is 10.4. The lowest BCUT2D eigenvalue weighted by Gasteiger charge is -2.03. The van der Waals surface area contributed by atoms with Crippen molar-refractivity contribution in [2.45, 2.75) is 13.5 Å². The van der Waals surface area contributed by atoms with Gasteiger partial charge in [-0.05, 0) is 13.0 Å². The number of nitro groups is 1. The zero-order valence-corrected chi connectivity index (χ0v) is 9.61. The Morgan fingerprint density at radius 1 is 1.56 bits per heavy atom. The fourth-order valence-corrected chi connectivity index (χ4v) is 1.34.